The molecule has 0 heterocycles. The first-order valence-electron chi connectivity index (χ1n) is 9.39. The average Bonchev–Trinajstić information content (AvgIpc) is 2.79. The minimum atomic E-state index is -0.626. The average molecular weight is 366 g/mol. The molecule has 0 aliphatic rings. The highest BCUT2D eigenvalue weighted by molar-refractivity contribution is 5.64. The van der Waals surface area contributed by atoms with Crippen LogP contribution >= 0.6 is 0 Å². The molecular formula is C26H22O2. The van der Waals surface area contributed by atoms with Crippen LogP contribution in [-0.2, 0) is 0 Å². The maximum absolute atomic E-state index is 10.5. The van der Waals surface area contributed by atoms with Crippen molar-refractivity contribution >= 4 is 0 Å². The molecule has 0 radical (unpaired) electrons. The van der Waals surface area contributed by atoms with Crippen LogP contribution in [0.15, 0.2) is 109 Å². The maximum Gasteiger partial charge on any atom is 0.104 e. The van der Waals surface area contributed by atoms with E-state index in [2.05, 4.69) is 0 Å². The fourth-order valence-electron chi connectivity index (χ4n) is 3.37. The molecule has 2 N–H and O–H groups in total. The Bertz CT molecular complexity index is 920. The van der Waals surface area contributed by atoms with Crippen molar-refractivity contribution < 1.29 is 10.2 Å². The second-order valence-corrected chi connectivity index (χ2v) is 6.87. The molecule has 0 bridgehead atoms. The predicted octanol–water partition coefficient (Wildman–Crippen LogP) is 5.52. The van der Waals surface area contributed by atoms with Crippen molar-refractivity contribution in [1.82, 2.24) is 0 Å². The summed E-state index contributed by atoms with van der Waals surface area (Å²) in [5.41, 5.74) is 5.65. The molecule has 2 atom stereocenters. The van der Waals surface area contributed by atoms with Gasteiger partial charge in [-0.25, -0.2) is 0 Å². The molecule has 0 amide bonds. The van der Waals surface area contributed by atoms with E-state index in [-0.39, 0.29) is 0 Å². The Kier molecular flexibility index (Phi) is 5.34. The molecule has 0 aliphatic heterocycles. The summed E-state index contributed by atoms with van der Waals surface area (Å²) in [6.45, 7) is 0. The number of aliphatic hydroxyl groups excluding tert-OH is 2. The van der Waals surface area contributed by atoms with Crippen molar-refractivity contribution in [2.24, 2.45) is 0 Å². The topological polar surface area (TPSA) is 40.5 Å². The van der Waals surface area contributed by atoms with Crippen LogP contribution in [0.5, 0.6) is 0 Å². The number of hydrogen-bond acceptors (Lipinski definition) is 2. The smallest absolute Gasteiger partial charge is 0.104 e. The summed E-state index contributed by atoms with van der Waals surface area (Å²) >= 11 is 0. The Morgan fingerprint density at radius 2 is 0.643 bits per heavy atom. The quantitative estimate of drug-likeness (QED) is 0.488. The minimum Gasteiger partial charge on any atom is -0.384 e. The summed E-state index contributed by atoms with van der Waals surface area (Å²) < 4.78 is 0. The maximum atomic E-state index is 10.5. The first-order valence-corrected chi connectivity index (χ1v) is 9.39. The Hall–Kier alpha value is -3.20. The number of benzene rings is 4. The van der Waals surface area contributed by atoms with Gasteiger partial charge in [0.05, 0.1) is 0 Å². The van der Waals surface area contributed by atoms with Gasteiger partial charge in [-0.1, -0.05) is 109 Å². The van der Waals surface area contributed by atoms with Gasteiger partial charge in [0.2, 0.25) is 0 Å². The van der Waals surface area contributed by atoms with Gasteiger partial charge in [0.1, 0.15) is 12.2 Å². The van der Waals surface area contributed by atoms with Crippen molar-refractivity contribution in [3.05, 3.63) is 131 Å². The van der Waals surface area contributed by atoms with Crippen molar-refractivity contribution in [3.63, 3.8) is 0 Å². The largest absolute Gasteiger partial charge is 0.384 e. The van der Waals surface area contributed by atoms with Gasteiger partial charge in [0.15, 0.2) is 0 Å². The van der Waals surface area contributed by atoms with Gasteiger partial charge in [-0.05, 0) is 33.4 Å². The van der Waals surface area contributed by atoms with Gasteiger partial charge < -0.3 is 10.2 Å². The van der Waals surface area contributed by atoms with E-state index in [0.717, 1.165) is 33.4 Å². The van der Waals surface area contributed by atoms with Gasteiger partial charge in [-0.3, -0.25) is 0 Å². The molecule has 0 spiro atoms. The summed E-state index contributed by atoms with van der Waals surface area (Å²) in [5.74, 6) is 0. The molecule has 0 fully saturated rings. The molecule has 4 rings (SSSR count). The second-order valence-electron chi connectivity index (χ2n) is 6.87. The van der Waals surface area contributed by atoms with E-state index in [0.29, 0.717) is 0 Å². The van der Waals surface area contributed by atoms with E-state index in [9.17, 15) is 10.2 Å². The lowest BCUT2D eigenvalue weighted by Crippen LogP contribution is -1.99. The zero-order valence-electron chi connectivity index (χ0n) is 15.4. The third kappa shape index (κ3) is 3.89. The Morgan fingerprint density at radius 1 is 0.357 bits per heavy atom. The second kappa shape index (κ2) is 8.22. The van der Waals surface area contributed by atoms with Crippen LogP contribution < -0.4 is 0 Å². The van der Waals surface area contributed by atoms with Crippen LogP contribution in [0.1, 0.15) is 34.5 Å². The van der Waals surface area contributed by atoms with E-state index < -0.39 is 12.2 Å². The van der Waals surface area contributed by atoms with Crippen molar-refractivity contribution in [2.75, 3.05) is 0 Å². The van der Waals surface area contributed by atoms with Gasteiger partial charge in [0.25, 0.3) is 0 Å². The lowest BCUT2D eigenvalue weighted by atomic mass is 9.96. The number of rotatable bonds is 5. The Labute approximate surface area is 165 Å². The zero-order valence-corrected chi connectivity index (χ0v) is 15.4. The third-order valence-corrected chi connectivity index (χ3v) is 5.02. The van der Waals surface area contributed by atoms with E-state index in [4.69, 9.17) is 0 Å². The fraction of sp³-hybridized carbons (Fsp3) is 0.0769. The highest BCUT2D eigenvalue weighted by Gasteiger charge is 2.11. The van der Waals surface area contributed by atoms with Gasteiger partial charge in [-0.2, -0.15) is 0 Å². The lowest BCUT2D eigenvalue weighted by Gasteiger charge is -2.13. The molecule has 138 valence electrons. The Morgan fingerprint density at radius 3 is 0.964 bits per heavy atom. The molecule has 0 aromatic heterocycles. The van der Waals surface area contributed by atoms with Crippen LogP contribution in [0.25, 0.3) is 11.1 Å². The summed E-state index contributed by atoms with van der Waals surface area (Å²) in [5, 5.41) is 21.1. The SMILES string of the molecule is OC(c1ccccc1)c1ccc(-c2ccc(C(O)c3ccccc3)cc2)cc1. The molecule has 4 aromatic rings. The highest BCUT2D eigenvalue weighted by Crippen LogP contribution is 2.28. The van der Waals surface area contributed by atoms with Crippen molar-refractivity contribution in [2.45, 2.75) is 12.2 Å². The van der Waals surface area contributed by atoms with Crippen LogP contribution in [0.3, 0.4) is 0 Å². The normalized spacial score (nSPS) is 13.1. The molecule has 2 heteroatoms. The van der Waals surface area contributed by atoms with Gasteiger partial charge in [0, 0.05) is 0 Å². The molecule has 2 unspecified atom stereocenters. The van der Waals surface area contributed by atoms with E-state index >= 15 is 0 Å². The molecular weight excluding hydrogens is 344 g/mol. The summed E-state index contributed by atoms with van der Waals surface area (Å²) in [6.07, 6.45) is -1.25. The van der Waals surface area contributed by atoms with Crippen LogP contribution in [0.2, 0.25) is 0 Å². The van der Waals surface area contributed by atoms with Gasteiger partial charge >= 0.3 is 0 Å². The number of aliphatic hydroxyl groups is 2. The van der Waals surface area contributed by atoms with E-state index in [1.807, 2.05) is 109 Å². The number of hydrogen-bond donors (Lipinski definition) is 2. The summed E-state index contributed by atoms with van der Waals surface area (Å²) in [6, 6.07) is 35.2. The predicted molar refractivity (Wildman–Crippen MR) is 113 cm³/mol. The molecule has 28 heavy (non-hydrogen) atoms. The Balaban J connectivity index is 1.52. The molecule has 4 aromatic carbocycles. The lowest BCUT2D eigenvalue weighted by molar-refractivity contribution is 0.220. The molecule has 2 nitrogen and oxygen atoms in total. The van der Waals surface area contributed by atoms with E-state index in [1.165, 1.54) is 0 Å². The van der Waals surface area contributed by atoms with E-state index in [1.54, 1.807) is 0 Å². The fourth-order valence-corrected chi connectivity index (χ4v) is 3.37. The van der Waals surface area contributed by atoms with Crippen LogP contribution in [-0.4, -0.2) is 10.2 Å². The summed E-state index contributed by atoms with van der Waals surface area (Å²) in [4.78, 5) is 0. The monoisotopic (exact) mass is 366 g/mol. The zero-order chi connectivity index (χ0) is 19.3. The molecule has 0 saturated carbocycles. The molecule has 0 saturated heterocycles. The standard InChI is InChI=1S/C26H22O2/c27-25(21-7-3-1-4-8-21)23-15-11-19(12-16-23)20-13-17-24(18-14-20)26(28)22-9-5-2-6-10-22/h1-18,25-28H. The first-order chi connectivity index (χ1) is 13.7. The first kappa shape index (κ1) is 18.2. The third-order valence-electron chi connectivity index (χ3n) is 5.02. The van der Waals surface area contributed by atoms with Crippen molar-refractivity contribution in [1.29, 1.82) is 0 Å². The molecule has 0 aliphatic carbocycles. The van der Waals surface area contributed by atoms with Crippen LogP contribution in [0, 0.1) is 0 Å². The summed E-state index contributed by atoms with van der Waals surface area (Å²) in [7, 11) is 0. The van der Waals surface area contributed by atoms with Crippen LogP contribution in [0.4, 0.5) is 0 Å². The minimum absolute atomic E-state index is 0.626. The van der Waals surface area contributed by atoms with Gasteiger partial charge in [-0.15, -0.1) is 0 Å². The highest BCUT2D eigenvalue weighted by atomic mass is 16.3. The van der Waals surface area contributed by atoms with Crippen molar-refractivity contribution in [3.8, 4) is 11.1 Å².